The molecule has 1 rings (SSSR count). The number of halogens is 1. The van der Waals surface area contributed by atoms with Crippen molar-refractivity contribution in [2.24, 2.45) is 5.92 Å². The summed E-state index contributed by atoms with van der Waals surface area (Å²) < 4.78 is 5.05. The first-order chi connectivity index (χ1) is 9.49. The van der Waals surface area contributed by atoms with Crippen molar-refractivity contribution in [3.8, 4) is 0 Å². The number of nitrogens with one attached hydrogen (secondary N) is 1. The summed E-state index contributed by atoms with van der Waals surface area (Å²) in [6, 6.07) is 6.57. The molecule has 3 nitrogen and oxygen atoms in total. The van der Waals surface area contributed by atoms with Gasteiger partial charge in [-0.05, 0) is 25.0 Å². The Balaban J connectivity index is 2.87. The molecule has 0 heterocycles. The average molecular weight is 299 g/mol. The van der Waals surface area contributed by atoms with E-state index in [-0.39, 0.29) is 0 Å². The Labute approximate surface area is 128 Å². The van der Waals surface area contributed by atoms with Crippen LogP contribution in [0, 0.1) is 5.92 Å². The van der Waals surface area contributed by atoms with Crippen LogP contribution in [0.3, 0.4) is 0 Å². The molecule has 1 aromatic rings. The molecule has 0 aliphatic rings. The fraction of sp³-hybridized carbons (Fsp3) is 0.625. The molecule has 1 aromatic carbocycles. The molecule has 114 valence electrons. The van der Waals surface area contributed by atoms with Gasteiger partial charge in [-0.25, -0.2) is 0 Å². The highest BCUT2D eigenvalue weighted by molar-refractivity contribution is 6.31. The molecule has 4 heteroatoms. The molecule has 0 bridgehead atoms. The third-order valence-corrected chi connectivity index (χ3v) is 4.19. The van der Waals surface area contributed by atoms with E-state index in [1.807, 2.05) is 12.1 Å². The van der Waals surface area contributed by atoms with Crippen LogP contribution in [0.15, 0.2) is 18.2 Å². The highest BCUT2D eigenvalue weighted by Gasteiger charge is 2.17. The summed E-state index contributed by atoms with van der Waals surface area (Å²) in [7, 11) is 3.84. The van der Waals surface area contributed by atoms with Crippen LogP contribution in [0.2, 0.25) is 5.02 Å². The van der Waals surface area contributed by atoms with Crippen LogP contribution in [-0.2, 0) is 11.3 Å². The van der Waals surface area contributed by atoms with Gasteiger partial charge in [0.25, 0.3) is 0 Å². The lowest BCUT2D eigenvalue weighted by Crippen LogP contribution is -2.34. The molecule has 0 saturated carbocycles. The zero-order valence-corrected chi connectivity index (χ0v) is 14.0. The van der Waals surface area contributed by atoms with Gasteiger partial charge >= 0.3 is 0 Å². The third kappa shape index (κ3) is 4.65. The van der Waals surface area contributed by atoms with Crippen molar-refractivity contribution < 1.29 is 4.74 Å². The molecule has 0 aliphatic heterocycles. The van der Waals surface area contributed by atoms with Crippen LogP contribution in [0.5, 0.6) is 0 Å². The summed E-state index contributed by atoms with van der Waals surface area (Å²) in [6.45, 7) is 9.01. The smallest absolute Gasteiger partial charge is 0.0587 e. The van der Waals surface area contributed by atoms with Crippen molar-refractivity contribution >= 4 is 17.3 Å². The normalized spacial score (nSPS) is 12.8. The average Bonchev–Trinajstić information content (AvgIpc) is 2.43. The fourth-order valence-corrected chi connectivity index (χ4v) is 2.34. The van der Waals surface area contributed by atoms with Crippen molar-refractivity contribution in [2.75, 3.05) is 32.2 Å². The molecule has 0 amide bonds. The van der Waals surface area contributed by atoms with Crippen LogP contribution in [-0.4, -0.2) is 33.4 Å². The van der Waals surface area contributed by atoms with Gasteiger partial charge in [-0.1, -0.05) is 31.5 Å². The summed E-state index contributed by atoms with van der Waals surface area (Å²) >= 11 is 6.37. The first-order valence-corrected chi connectivity index (χ1v) is 7.56. The van der Waals surface area contributed by atoms with E-state index in [4.69, 9.17) is 16.3 Å². The highest BCUT2D eigenvalue weighted by atomic mass is 35.5. The second kappa shape index (κ2) is 8.50. The number of methoxy groups -OCH3 is 1. The lowest BCUT2D eigenvalue weighted by molar-refractivity contribution is 0.199. The van der Waals surface area contributed by atoms with E-state index in [1.165, 1.54) is 5.69 Å². The maximum atomic E-state index is 6.37. The standard InChI is InChI=1S/C16H27ClN2O/c1-12(2)13(3)19(4)16-8-6-7-15(17)14(16)11-18-9-10-20-5/h6-8,12-13,18H,9-11H2,1-5H3. The Morgan fingerprint density at radius 2 is 2.00 bits per heavy atom. The topological polar surface area (TPSA) is 24.5 Å². The number of ether oxygens (including phenoxy) is 1. The molecule has 1 unspecified atom stereocenters. The maximum Gasteiger partial charge on any atom is 0.0587 e. The van der Waals surface area contributed by atoms with Crippen molar-refractivity contribution in [3.63, 3.8) is 0 Å². The highest BCUT2D eigenvalue weighted by Crippen LogP contribution is 2.29. The lowest BCUT2D eigenvalue weighted by Gasteiger charge is -2.32. The minimum absolute atomic E-state index is 0.464. The van der Waals surface area contributed by atoms with Gasteiger partial charge < -0.3 is 15.0 Å². The number of hydrogen-bond donors (Lipinski definition) is 1. The van der Waals surface area contributed by atoms with Gasteiger partial charge in [0.2, 0.25) is 0 Å². The van der Waals surface area contributed by atoms with Crippen LogP contribution < -0.4 is 10.2 Å². The van der Waals surface area contributed by atoms with Gasteiger partial charge in [0.05, 0.1) is 6.61 Å². The van der Waals surface area contributed by atoms with Crippen molar-refractivity contribution in [1.29, 1.82) is 0 Å². The van der Waals surface area contributed by atoms with E-state index < -0.39 is 0 Å². The molecule has 0 aliphatic carbocycles. The Bertz CT molecular complexity index is 409. The summed E-state index contributed by atoms with van der Waals surface area (Å²) in [4.78, 5) is 2.31. The lowest BCUT2D eigenvalue weighted by atomic mass is 10.0. The van der Waals surface area contributed by atoms with E-state index in [1.54, 1.807) is 7.11 Å². The molecule has 1 atom stereocenters. The monoisotopic (exact) mass is 298 g/mol. The van der Waals surface area contributed by atoms with Gasteiger partial charge in [-0.2, -0.15) is 0 Å². The van der Waals surface area contributed by atoms with Crippen LogP contribution >= 0.6 is 11.6 Å². The molecule has 0 spiro atoms. The molecule has 0 radical (unpaired) electrons. The van der Waals surface area contributed by atoms with Crippen LogP contribution in [0.25, 0.3) is 0 Å². The number of anilines is 1. The minimum atomic E-state index is 0.464. The molecular formula is C16H27ClN2O. The Kier molecular flexibility index (Phi) is 7.35. The number of nitrogens with zero attached hydrogens (tertiary/aromatic N) is 1. The van der Waals surface area contributed by atoms with Gasteiger partial charge in [0.15, 0.2) is 0 Å². The fourth-order valence-electron chi connectivity index (χ4n) is 2.11. The zero-order valence-electron chi connectivity index (χ0n) is 13.2. The SMILES string of the molecule is COCCNCc1c(Cl)cccc1N(C)C(C)C(C)C. The molecule has 0 fully saturated rings. The van der Waals surface area contributed by atoms with Crippen molar-refractivity contribution in [1.82, 2.24) is 5.32 Å². The van der Waals surface area contributed by atoms with E-state index in [2.05, 4.69) is 44.1 Å². The second-order valence-electron chi connectivity index (χ2n) is 5.50. The van der Waals surface area contributed by atoms with E-state index in [0.717, 1.165) is 23.7 Å². The molecule has 20 heavy (non-hydrogen) atoms. The van der Waals surface area contributed by atoms with Crippen molar-refractivity contribution in [3.05, 3.63) is 28.8 Å². The van der Waals surface area contributed by atoms with E-state index in [0.29, 0.717) is 18.6 Å². The third-order valence-electron chi connectivity index (χ3n) is 3.83. The van der Waals surface area contributed by atoms with Crippen LogP contribution in [0.4, 0.5) is 5.69 Å². The number of hydrogen-bond acceptors (Lipinski definition) is 3. The first-order valence-electron chi connectivity index (χ1n) is 7.18. The zero-order chi connectivity index (χ0) is 15.1. The quantitative estimate of drug-likeness (QED) is 0.743. The molecular weight excluding hydrogens is 272 g/mol. The van der Waals surface area contributed by atoms with Crippen molar-refractivity contribution in [2.45, 2.75) is 33.4 Å². The summed E-state index contributed by atoms with van der Waals surface area (Å²) in [6.07, 6.45) is 0. The summed E-state index contributed by atoms with van der Waals surface area (Å²) in [5, 5.41) is 4.19. The van der Waals surface area contributed by atoms with Crippen LogP contribution in [0.1, 0.15) is 26.3 Å². The van der Waals surface area contributed by atoms with E-state index >= 15 is 0 Å². The van der Waals surface area contributed by atoms with Gasteiger partial charge in [0, 0.05) is 49.6 Å². The van der Waals surface area contributed by atoms with Gasteiger partial charge in [-0.3, -0.25) is 0 Å². The molecule has 1 N–H and O–H groups in total. The minimum Gasteiger partial charge on any atom is -0.383 e. The summed E-state index contributed by atoms with van der Waals surface area (Å²) in [5.74, 6) is 0.591. The Morgan fingerprint density at radius 3 is 2.60 bits per heavy atom. The van der Waals surface area contributed by atoms with E-state index in [9.17, 15) is 0 Å². The second-order valence-corrected chi connectivity index (χ2v) is 5.91. The largest absolute Gasteiger partial charge is 0.383 e. The molecule has 0 saturated heterocycles. The van der Waals surface area contributed by atoms with Gasteiger partial charge in [-0.15, -0.1) is 0 Å². The maximum absolute atomic E-state index is 6.37. The Morgan fingerprint density at radius 1 is 1.30 bits per heavy atom. The predicted molar refractivity (Wildman–Crippen MR) is 87.7 cm³/mol. The Hall–Kier alpha value is -0.770. The number of benzene rings is 1. The number of rotatable bonds is 8. The predicted octanol–water partition coefficient (Wildman–Crippen LogP) is 3.56. The first kappa shape index (κ1) is 17.3. The molecule has 0 aromatic heterocycles. The van der Waals surface area contributed by atoms with Gasteiger partial charge in [0.1, 0.15) is 0 Å². The summed E-state index contributed by atoms with van der Waals surface area (Å²) in [5.41, 5.74) is 2.35.